The molecule has 1 aromatic heterocycles. The van der Waals surface area contributed by atoms with Crippen LogP contribution in [0.1, 0.15) is 31.4 Å². The lowest BCUT2D eigenvalue weighted by Gasteiger charge is -2.31. The van der Waals surface area contributed by atoms with E-state index in [9.17, 15) is 0 Å². The van der Waals surface area contributed by atoms with E-state index in [2.05, 4.69) is 28.1 Å². The second-order valence-electron chi connectivity index (χ2n) is 3.88. The molecular weight excluding hydrogens is 174 g/mol. The molecule has 0 saturated carbocycles. The minimum atomic E-state index is 0.595. The normalized spacial score (nSPS) is 23.6. The summed E-state index contributed by atoms with van der Waals surface area (Å²) in [5.41, 5.74) is 1.16. The Morgan fingerprint density at radius 3 is 3.21 bits per heavy atom. The Balaban J connectivity index is 2.04. The van der Waals surface area contributed by atoms with Crippen LogP contribution in [0.3, 0.4) is 0 Å². The van der Waals surface area contributed by atoms with Crippen molar-refractivity contribution >= 4 is 0 Å². The van der Waals surface area contributed by atoms with Gasteiger partial charge in [0.1, 0.15) is 0 Å². The van der Waals surface area contributed by atoms with Crippen molar-refractivity contribution in [2.45, 2.75) is 25.7 Å². The van der Waals surface area contributed by atoms with Crippen LogP contribution in [0.2, 0.25) is 0 Å². The first-order valence-corrected chi connectivity index (χ1v) is 5.40. The third-order valence-electron chi connectivity index (χ3n) is 2.96. The van der Waals surface area contributed by atoms with Gasteiger partial charge < -0.3 is 4.90 Å². The minimum absolute atomic E-state index is 0.595. The van der Waals surface area contributed by atoms with Crippen LogP contribution < -0.4 is 0 Å². The summed E-state index contributed by atoms with van der Waals surface area (Å²) in [6, 6.07) is 4.07. The first-order chi connectivity index (χ1) is 6.90. The van der Waals surface area contributed by atoms with Gasteiger partial charge in [-0.25, -0.2) is 0 Å². The van der Waals surface area contributed by atoms with E-state index < -0.39 is 0 Å². The predicted octanol–water partition coefficient (Wildman–Crippen LogP) is 1.68. The van der Waals surface area contributed by atoms with Crippen LogP contribution >= 0.6 is 0 Å². The van der Waals surface area contributed by atoms with Gasteiger partial charge in [0.2, 0.25) is 0 Å². The van der Waals surface area contributed by atoms with E-state index in [-0.39, 0.29) is 0 Å². The minimum Gasteiger partial charge on any atom is -0.303 e. The van der Waals surface area contributed by atoms with Crippen LogP contribution in [0.5, 0.6) is 0 Å². The van der Waals surface area contributed by atoms with E-state index >= 15 is 0 Å². The number of likely N-dealkylation sites (tertiary alicyclic amines) is 1. The summed E-state index contributed by atoms with van der Waals surface area (Å²) in [5.74, 6) is 0.595. The molecular formula is C11H17N3. The van der Waals surface area contributed by atoms with Gasteiger partial charge in [0, 0.05) is 18.7 Å². The molecule has 1 unspecified atom stereocenters. The van der Waals surface area contributed by atoms with Crippen molar-refractivity contribution < 1.29 is 0 Å². The summed E-state index contributed by atoms with van der Waals surface area (Å²) in [6.07, 6.45) is 4.29. The fraction of sp³-hybridized carbons (Fsp3) is 0.636. The maximum atomic E-state index is 4.19. The Morgan fingerprint density at radius 1 is 1.57 bits per heavy atom. The molecule has 3 nitrogen and oxygen atoms in total. The quantitative estimate of drug-likeness (QED) is 0.712. The second-order valence-corrected chi connectivity index (χ2v) is 3.88. The molecule has 1 saturated heterocycles. The van der Waals surface area contributed by atoms with Gasteiger partial charge >= 0.3 is 0 Å². The molecule has 1 aliphatic rings. The lowest BCUT2D eigenvalue weighted by atomic mass is 9.95. The maximum absolute atomic E-state index is 4.19. The zero-order valence-electron chi connectivity index (χ0n) is 8.69. The fourth-order valence-corrected chi connectivity index (χ4v) is 2.12. The number of nitrogens with zero attached hydrogens (tertiary/aromatic N) is 3. The molecule has 0 spiro atoms. The highest BCUT2D eigenvalue weighted by atomic mass is 15.1. The molecule has 1 atom stereocenters. The van der Waals surface area contributed by atoms with Crippen molar-refractivity contribution in [1.29, 1.82) is 0 Å². The van der Waals surface area contributed by atoms with Crippen molar-refractivity contribution in [2.75, 3.05) is 19.6 Å². The fourth-order valence-electron chi connectivity index (χ4n) is 2.12. The molecule has 14 heavy (non-hydrogen) atoms. The third kappa shape index (κ3) is 2.10. The summed E-state index contributed by atoms with van der Waals surface area (Å²) in [4.78, 5) is 2.49. The lowest BCUT2D eigenvalue weighted by molar-refractivity contribution is 0.215. The highest BCUT2D eigenvalue weighted by Gasteiger charge is 2.20. The Labute approximate surface area is 85.1 Å². The van der Waals surface area contributed by atoms with Gasteiger partial charge in [0.15, 0.2) is 0 Å². The Bertz CT molecular complexity index is 273. The smallest absolute Gasteiger partial charge is 0.0674 e. The van der Waals surface area contributed by atoms with Gasteiger partial charge in [-0.3, -0.25) is 0 Å². The molecule has 2 heterocycles. The zero-order chi connectivity index (χ0) is 9.80. The first-order valence-electron chi connectivity index (χ1n) is 5.40. The Morgan fingerprint density at radius 2 is 2.50 bits per heavy atom. The lowest BCUT2D eigenvalue weighted by Crippen LogP contribution is -2.34. The highest BCUT2D eigenvalue weighted by Crippen LogP contribution is 2.24. The maximum Gasteiger partial charge on any atom is 0.0674 e. The molecule has 3 heteroatoms. The largest absolute Gasteiger partial charge is 0.303 e. The summed E-state index contributed by atoms with van der Waals surface area (Å²) < 4.78 is 0. The molecule has 1 aliphatic heterocycles. The summed E-state index contributed by atoms with van der Waals surface area (Å²) in [6.45, 7) is 5.76. The molecule has 0 radical (unpaired) electrons. The third-order valence-corrected chi connectivity index (χ3v) is 2.96. The average Bonchev–Trinajstić information content (AvgIpc) is 2.30. The van der Waals surface area contributed by atoms with Crippen LogP contribution in [-0.2, 0) is 0 Å². The number of hydrogen-bond donors (Lipinski definition) is 0. The van der Waals surface area contributed by atoms with Crippen LogP contribution in [-0.4, -0.2) is 34.7 Å². The van der Waals surface area contributed by atoms with Crippen molar-refractivity contribution in [3.63, 3.8) is 0 Å². The molecule has 0 bridgehead atoms. The molecule has 0 amide bonds. The van der Waals surface area contributed by atoms with Gasteiger partial charge in [-0.05, 0) is 38.1 Å². The topological polar surface area (TPSA) is 29.0 Å². The van der Waals surface area contributed by atoms with E-state index in [4.69, 9.17) is 0 Å². The SMILES string of the molecule is CCN1CCCC(c2cccnn2)C1. The van der Waals surface area contributed by atoms with Gasteiger partial charge in [-0.1, -0.05) is 6.92 Å². The van der Waals surface area contributed by atoms with Gasteiger partial charge in [0.25, 0.3) is 0 Å². The summed E-state index contributed by atoms with van der Waals surface area (Å²) in [5, 5.41) is 8.14. The number of piperidine rings is 1. The van der Waals surface area contributed by atoms with Gasteiger partial charge in [-0.15, -0.1) is 0 Å². The van der Waals surface area contributed by atoms with E-state index in [0.29, 0.717) is 5.92 Å². The summed E-state index contributed by atoms with van der Waals surface area (Å²) in [7, 11) is 0. The monoisotopic (exact) mass is 191 g/mol. The molecule has 0 aliphatic carbocycles. The predicted molar refractivity (Wildman–Crippen MR) is 56.1 cm³/mol. The molecule has 76 valence electrons. The van der Waals surface area contributed by atoms with Crippen LogP contribution in [0.4, 0.5) is 0 Å². The Kier molecular flexibility index (Phi) is 3.09. The summed E-state index contributed by atoms with van der Waals surface area (Å²) >= 11 is 0. The molecule has 1 fully saturated rings. The number of hydrogen-bond acceptors (Lipinski definition) is 3. The second kappa shape index (κ2) is 4.51. The van der Waals surface area contributed by atoms with E-state index in [1.54, 1.807) is 6.20 Å². The van der Waals surface area contributed by atoms with Crippen molar-refractivity contribution in [1.82, 2.24) is 15.1 Å². The number of likely N-dealkylation sites (N-methyl/N-ethyl adjacent to an activating group) is 1. The molecule has 0 N–H and O–H groups in total. The van der Waals surface area contributed by atoms with E-state index in [1.807, 2.05) is 6.07 Å². The van der Waals surface area contributed by atoms with Crippen molar-refractivity contribution in [3.05, 3.63) is 24.0 Å². The van der Waals surface area contributed by atoms with Crippen molar-refractivity contribution in [3.8, 4) is 0 Å². The molecule has 0 aromatic carbocycles. The van der Waals surface area contributed by atoms with E-state index in [1.165, 1.54) is 19.4 Å². The average molecular weight is 191 g/mol. The van der Waals surface area contributed by atoms with Crippen LogP contribution in [0.25, 0.3) is 0 Å². The number of aromatic nitrogens is 2. The highest BCUT2D eigenvalue weighted by molar-refractivity contribution is 5.07. The molecule has 1 aromatic rings. The van der Waals surface area contributed by atoms with Crippen molar-refractivity contribution in [2.24, 2.45) is 0 Å². The van der Waals surface area contributed by atoms with Gasteiger partial charge in [0.05, 0.1) is 5.69 Å². The van der Waals surface area contributed by atoms with Crippen LogP contribution in [0, 0.1) is 0 Å². The number of rotatable bonds is 2. The standard InChI is InChI=1S/C11H17N3/c1-2-14-8-4-5-10(9-14)11-6-3-7-12-13-11/h3,6-7,10H,2,4-5,8-9H2,1H3. The zero-order valence-corrected chi connectivity index (χ0v) is 8.69. The first kappa shape index (κ1) is 9.59. The van der Waals surface area contributed by atoms with E-state index in [0.717, 1.165) is 18.8 Å². The molecule has 2 rings (SSSR count). The Hall–Kier alpha value is -0.960. The van der Waals surface area contributed by atoms with Crippen LogP contribution in [0.15, 0.2) is 18.3 Å². The van der Waals surface area contributed by atoms with Gasteiger partial charge in [-0.2, -0.15) is 10.2 Å².